The third-order valence-electron chi connectivity index (χ3n) is 5.90. The van der Waals surface area contributed by atoms with E-state index < -0.39 is 5.97 Å². The molecule has 1 fully saturated rings. The molecule has 4 aromatic rings. The van der Waals surface area contributed by atoms with Crippen LogP contribution in [0.1, 0.15) is 28.8 Å². The minimum atomic E-state index is -0.884. The molecule has 33 heavy (non-hydrogen) atoms. The molecule has 0 spiro atoms. The van der Waals surface area contributed by atoms with E-state index in [0.717, 1.165) is 59.7 Å². The quantitative estimate of drug-likeness (QED) is 0.360. The predicted octanol–water partition coefficient (Wildman–Crippen LogP) is 5.86. The Labute approximate surface area is 196 Å². The second-order valence-corrected chi connectivity index (χ2v) is 9.26. The van der Waals surface area contributed by atoms with Gasteiger partial charge in [0.1, 0.15) is 5.75 Å². The summed E-state index contributed by atoms with van der Waals surface area (Å²) in [7, 11) is 0. The second kappa shape index (κ2) is 9.60. The first-order chi connectivity index (χ1) is 16.1. The fourth-order valence-electron chi connectivity index (χ4n) is 4.10. The molecular weight excluding hydrogens is 434 g/mol. The summed E-state index contributed by atoms with van der Waals surface area (Å²) in [5.74, 6) is -0.104. The Morgan fingerprint density at radius 2 is 1.76 bits per heavy atom. The van der Waals surface area contributed by atoms with Gasteiger partial charge in [0.25, 0.3) is 5.19 Å². The molecule has 1 aromatic heterocycles. The Hall–Kier alpha value is -3.42. The van der Waals surface area contributed by atoms with Crippen LogP contribution < -0.4 is 10.1 Å². The largest absolute Gasteiger partial charge is 0.478 e. The minimum Gasteiger partial charge on any atom is -0.478 e. The highest BCUT2D eigenvalue weighted by molar-refractivity contribution is 7.20. The van der Waals surface area contributed by atoms with Crippen molar-refractivity contribution in [2.24, 2.45) is 0 Å². The Morgan fingerprint density at radius 1 is 1.03 bits per heavy atom. The van der Waals surface area contributed by atoms with Crippen molar-refractivity contribution in [3.05, 3.63) is 83.9 Å². The number of aromatic nitrogens is 1. The highest BCUT2D eigenvalue weighted by Gasteiger charge is 2.19. The molecule has 3 aromatic carbocycles. The third kappa shape index (κ3) is 5.32. The number of hydrogen-bond acceptors (Lipinski definition) is 6. The first-order valence-electron chi connectivity index (χ1n) is 11.1. The number of nitrogens with one attached hydrogen (secondary N) is 1. The van der Waals surface area contributed by atoms with E-state index in [-0.39, 0.29) is 0 Å². The van der Waals surface area contributed by atoms with Gasteiger partial charge in [-0.25, -0.2) is 9.78 Å². The zero-order valence-corrected chi connectivity index (χ0v) is 18.9. The number of hydrogen-bond donors (Lipinski definition) is 2. The zero-order chi connectivity index (χ0) is 22.6. The summed E-state index contributed by atoms with van der Waals surface area (Å²) in [6, 6.07) is 23.7. The Bertz CT molecular complexity index is 1200. The van der Waals surface area contributed by atoms with Crippen LogP contribution in [0.3, 0.4) is 0 Å². The number of aromatic carboxylic acids is 1. The van der Waals surface area contributed by atoms with Crippen molar-refractivity contribution in [3.8, 4) is 10.9 Å². The van der Waals surface area contributed by atoms with Crippen molar-refractivity contribution in [1.82, 2.24) is 9.88 Å². The van der Waals surface area contributed by atoms with Gasteiger partial charge in [-0.2, -0.15) is 0 Å². The Balaban J connectivity index is 1.10. The lowest BCUT2D eigenvalue weighted by atomic mass is 10.0. The van der Waals surface area contributed by atoms with E-state index in [9.17, 15) is 4.79 Å². The molecule has 0 aliphatic carbocycles. The Kier molecular flexibility index (Phi) is 6.24. The number of rotatable bonds is 7. The standard InChI is InChI=1S/C26H25N3O3S/c30-25(31)19-7-5-18(6-8-19)17-29-15-13-21(14-16-29)27-20-9-11-22(12-10-20)32-26-28-23-3-1-2-4-24(23)33-26/h1-12,21,27H,13-17H2,(H,30,31). The molecule has 0 atom stereocenters. The number of benzene rings is 3. The number of ether oxygens (including phenoxy) is 1. The minimum absolute atomic E-state index is 0.332. The Morgan fingerprint density at radius 3 is 2.45 bits per heavy atom. The fraction of sp³-hybridized carbons (Fsp3) is 0.231. The highest BCUT2D eigenvalue weighted by atomic mass is 32.1. The van der Waals surface area contributed by atoms with Gasteiger partial charge in [-0.1, -0.05) is 35.6 Å². The van der Waals surface area contributed by atoms with Crippen LogP contribution in [0.2, 0.25) is 0 Å². The number of piperidine rings is 1. The number of carbonyl (C=O) groups is 1. The van der Waals surface area contributed by atoms with E-state index in [1.54, 1.807) is 23.5 Å². The average molecular weight is 460 g/mol. The van der Waals surface area contributed by atoms with Crippen molar-refractivity contribution >= 4 is 33.2 Å². The normalized spacial score (nSPS) is 14.9. The van der Waals surface area contributed by atoms with Gasteiger partial charge in [-0.15, -0.1) is 0 Å². The molecule has 7 heteroatoms. The van der Waals surface area contributed by atoms with Crippen LogP contribution >= 0.6 is 11.3 Å². The van der Waals surface area contributed by atoms with E-state index in [0.29, 0.717) is 16.8 Å². The molecule has 0 amide bonds. The summed E-state index contributed by atoms with van der Waals surface area (Å²) in [6.45, 7) is 2.87. The average Bonchev–Trinajstić information content (AvgIpc) is 3.24. The fourth-order valence-corrected chi connectivity index (χ4v) is 4.93. The molecule has 0 saturated carbocycles. The molecule has 1 aliphatic heterocycles. The summed E-state index contributed by atoms with van der Waals surface area (Å²) in [5.41, 5.74) is 3.53. The summed E-state index contributed by atoms with van der Waals surface area (Å²) in [6.07, 6.45) is 2.13. The van der Waals surface area contributed by atoms with Gasteiger partial charge >= 0.3 is 5.97 Å². The van der Waals surface area contributed by atoms with Crippen LogP contribution in [0.4, 0.5) is 5.69 Å². The SMILES string of the molecule is O=C(O)c1ccc(CN2CCC(Nc3ccc(Oc4nc5ccccc5s4)cc3)CC2)cc1. The number of carboxylic acid groups (broad SMARTS) is 1. The lowest BCUT2D eigenvalue weighted by Gasteiger charge is -2.33. The van der Waals surface area contributed by atoms with Crippen molar-refractivity contribution in [3.63, 3.8) is 0 Å². The van der Waals surface area contributed by atoms with Crippen LogP contribution in [0.15, 0.2) is 72.8 Å². The number of carboxylic acids is 1. The maximum absolute atomic E-state index is 11.0. The lowest BCUT2D eigenvalue weighted by molar-refractivity contribution is 0.0697. The van der Waals surface area contributed by atoms with Gasteiger partial charge in [0, 0.05) is 31.4 Å². The first-order valence-corrected chi connectivity index (χ1v) is 11.9. The molecule has 168 valence electrons. The number of para-hydroxylation sites is 1. The van der Waals surface area contributed by atoms with Gasteiger partial charge < -0.3 is 15.2 Å². The van der Waals surface area contributed by atoms with Crippen molar-refractivity contribution in [1.29, 1.82) is 0 Å². The third-order valence-corrected chi connectivity index (χ3v) is 6.81. The van der Waals surface area contributed by atoms with Crippen LogP contribution in [0, 0.1) is 0 Å². The molecule has 1 aliphatic rings. The summed E-state index contributed by atoms with van der Waals surface area (Å²) >= 11 is 1.55. The topological polar surface area (TPSA) is 74.7 Å². The maximum atomic E-state index is 11.0. The second-order valence-electron chi connectivity index (χ2n) is 8.27. The molecule has 0 radical (unpaired) electrons. The van der Waals surface area contributed by atoms with Gasteiger partial charge in [-0.3, -0.25) is 4.90 Å². The van der Waals surface area contributed by atoms with Crippen molar-refractivity contribution in [2.45, 2.75) is 25.4 Å². The molecule has 6 nitrogen and oxygen atoms in total. The highest BCUT2D eigenvalue weighted by Crippen LogP contribution is 2.31. The maximum Gasteiger partial charge on any atom is 0.335 e. The molecule has 0 unspecified atom stereocenters. The monoisotopic (exact) mass is 459 g/mol. The van der Waals surface area contributed by atoms with Crippen LogP contribution in [0.25, 0.3) is 10.2 Å². The lowest BCUT2D eigenvalue weighted by Crippen LogP contribution is -2.38. The molecule has 2 heterocycles. The number of anilines is 1. The molecule has 0 bridgehead atoms. The van der Waals surface area contributed by atoms with E-state index in [4.69, 9.17) is 9.84 Å². The molecule has 2 N–H and O–H groups in total. The number of likely N-dealkylation sites (tertiary alicyclic amines) is 1. The van der Waals surface area contributed by atoms with Crippen molar-refractivity contribution in [2.75, 3.05) is 18.4 Å². The zero-order valence-electron chi connectivity index (χ0n) is 18.1. The smallest absolute Gasteiger partial charge is 0.335 e. The molecule has 1 saturated heterocycles. The van der Waals surface area contributed by atoms with Crippen molar-refractivity contribution < 1.29 is 14.6 Å². The molecular formula is C26H25N3O3S. The van der Waals surface area contributed by atoms with E-state index >= 15 is 0 Å². The number of nitrogens with zero attached hydrogens (tertiary/aromatic N) is 2. The van der Waals surface area contributed by atoms with E-state index in [2.05, 4.69) is 27.3 Å². The van der Waals surface area contributed by atoms with Crippen LogP contribution in [-0.4, -0.2) is 40.1 Å². The van der Waals surface area contributed by atoms with Gasteiger partial charge in [-0.05, 0) is 66.9 Å². The summed E-state index contributed by atoms with van der Waals surface area (Å²) in [5, 5.41) is 13.3. The molecule has 5 rings (SSSR count). The predicted molar refractivity (Wildman–Crippen MR) is 131 cm³/mol. The van der Waals surface area contributed by atoms with E-state index in [1.807, 2.05) is 48.5 Å². The van der Waals surface area contributed by atoms with Crippen LogP contribution in [-0.2, 0) is 6.54 Å². The number of fused-ring (bicyclic) bond motifs is 1. The van der Waals surface area contributed by atoms with Gasteiger partial charge in [0.15, 0.2) is 0 Å². The first kappa shape index (κ1) is 21.4. The van der Waals surface area contributed by atoms with Gasteiger partial charge in [0.05, 0.1) is 15.8 Å². The van der Waals surface area contributed by atoms with Crippen LogP contribution in [0.5, 0.6) is 10.9 Å². The summed E-state index contributed by atoms with van der Waals surface area (Å²) < 4.78 is 7.06. The van der Waals surface area contributed by atoms with Gasteiger partial charge in [0.2, 0.25) is 0 Å². The number of thiazole rings is 1. The summed E-state index contributed by atoms with van der Waals surface area (Å²) in [4.78, 5) is 17.9. The van der Waals surface area contributed by atoms with E-state index in [1.165, 1.54) is 0 Å².